The number of hydrogen-bond acceptors (Lipinski definition) is 9. The van der Waals surface area contributed by atoms with Gasteiger partial charge in [-0.1, -0.05) is 0 Å². The molecule has 0 saturated heterocycles. The number of methoxy groups -OCH3 is 1. The van der Waals surface area contributed by atoms with Gasteiger partial charge in [0.05, 0.1) is 85.9 Å². The first-order valence-electron chi connectivity index (χ1n) is 11.6. The minimum absolute atomic E-state index is 0.0745. The van der Waals surface area contributed by atoms with E-state index >= 15 is 0 Å². The lowest BCUT2D eigenvalue weighted by Crippen LogP contribution is -2.65. The third-order valence-corrected chi connectivity index (χ3v) is 6.60. The first-order chi connectivity index (χ1) is 18.5. The molecule has 242 valence electrons. The Bertz CT molecular complexity index is 775. The van der Waals surface area contributed by atoms with Crippen molar-refractivity contribution in [2.75, 3.05) is 107 Å². The maximum absolute atomic E-state index is 13.8. The Balaban J connectivity index is 3.98. The summed E-state index contributed by atoms with van der Waals surface area (Å²) < 4.78 is 175. The molecule has 0 atom stereocenters. The first kappa shape index (κ1) is 39.0. The summed E-state index contributed by atoms with van der Waals surface area (Å²) in [5.74, 6) is -14.6. The maximum Gasteiger partial charge on any atom is 0.460 e. The van der Waals surface area contributed by atoms with Crippen LogP contribution in [0.3, 0.4) is 0 Å². The van der Waals surface area contributed by atoms with E-state index < -0.39 is 50.8 Å². The van der Waals surface area contributed by atoms with Gasteiger partial charge in [-0.25, -0.2) is 8.42 Å². The monoisotopic (exact) mass is 635 g/mol. The van der Waals surface area contributed by atoms with Crippen LogP contribution in [0.15, 0.2) is 0 Å². The zero-order valence-electron chi connectivity index (χ0n) is 21.8. The fraction of sp³-hybridized carbons (Fsp3) is 1.00. The molecule has 0 amide bonds. The zero-order valence-corrected chi connectivity index (χ0v) is 22.6. The van der Waals surface area contributed by atoms with E-state index in [2.05, 4.69) is 0 Å². The summed E-state index contributed by atoms with van der Waals surface area (Å²) >= 11 is 0. The molecule has 0 radical (unpaired) electrons. The fourth-order valence-corrected chi connectivity index (χ4v) is 3.53. The number of halogens is 9. The molecule has 0 unspecified atom stereocenters. The van der Waals surface area contributed by atoms with Crippen molar-refractivity contribution >= 4 is 10.0 Å². The van der Waals surface area contributed by atoms with Crippen molar-refractivity contribution in [3.63, 3.8) is 0 Å². The number of nitrogens with zero attached hydrogens (tertiary/aromatic N) is 1. The van der Waals surface area contributed by atoms with Gasteiger partial charge in [-0.2, -0.15) is 43.8 Å². The molecule has 0 aliphatic rings. The molecule has 0 rings (SSSR count). The highest BCUT2D eigenvalue weighted by Crippen LogP contribution is 2.55. The van der Waals surface area contributed by atoms with Crippen molar-refractivity contribution in [1.29, 1.82) is 0 Å². The third-order valence-electron chi connectivity index (χ3n) is 4.69. The topological polar surface area (TPSA) is 102 Å². The Hall–Kier alpha value is -1.00. The van der Waals surface area contributed by atoms with Gasteiger partial charge in [-0.3, -0.25) is 0 Å². The number of alkyl halides is 9. The van der Waals surface area contributed by atoms with Crippen LogP contribution in [0.25, 0.3) is 0 Å². The van der Waals surface area contributed by atoms with E-state index in [1.165, 1.54) is 0 Å². The molecule has 0 aliphatic heterocycles. The predicted octanol–water partition coefficient (Wildman–Crippen LogP) is 2.42. The van der Waals surface area contributed by atoms with Crippen LogP contribution in [-0.2, 0) is 43.2 Å². The molecule has 0 spiro atoms. The average molecular weight is 636 g/mol. The van der Waals surface area contributed by atoms with Crippen LogP contribution in [0.1, 0.15) is 0 Å². The molecule has 0 bridgehead atoms. The summed E-state index contributed by atoms with van der Waals surface area (Å²) in [7, 11) is -4.79. The number of rotatable bonds is 25. The van der Waals surface area contributed by atoms with Crippen molar-refractivity contribution in [2.45, 2.75) is 23.3 Å². The number of sulfonamides is 1. The summed E-state index contributed by atoms with van der Waals surface area (Å²) in [5.41, 5.74) is 0. The van der Waals surface area contributed by atoms with Gasteiger partial charge in [0, 0.05) is 20.7 Å². The number of hydrogen-bond donors (Lipinski definition) is 0. The van der Waals surface area contributed by atoms with E-state index in [1.807, 2.05) is 0 Å². The maximum atomic E-state index is 13.8. The van der Waals surface area contributed by atoms with E-state index in [-0.39, 0.29) is 33.0 Å². The fourth-order valence-electron chi connectivity index (χ4n) is 2.38. The summed E-state index contributed by atoms with van der Waals surface area (Å²) in [6.07, 6.45) is -7.13. The second-order valence-electron chi connectivity index (χ2n) is 7.66. The lowest BCUT2D eigenvalue weighted by molar-refractivity contribution is -0.382. The second kappa shape index (κ2) is 18.5. The van der Waals surface area contributed by atoms with Crippen LogP contribution in [-0.4, -0.2) is 143 Å². The van der Waals surface area contributed by atoms with Crippen molar-refractivity contribution in [3.8, 4) is 0 Å². The highest BCUT2D eigenvalue weighted by Gasteiger charge is 2.85. The molecule has 0 fully saturated rings. The molecule has 0 saturated carbocycles. The molecule has 10 nitrogen and oxygen atoms in total. The lowest BCUT2D eigenvalue weighted by atomic mass is 10.1. The summed E-state index contributed by atoms with van der Waals surface area (Å²) in [5, 5.41) is -6.78. The molecule has 0 aromatic heterocycles. The van der Waals surface area contributed by atoms with Crippen LogP contribution in [0.4, 0.5) is 39.5 Å². The SMILES string of the molecule is COCCOCCOCCOCCOCCOCCOCCN(C)S(=O)(=O)C(F)(F)C(F)(F)C(F)(F)C(F)(F)F. The Kier molecular flexibility index (Phi) is 18.1. The van der Waals surface area contributed by atoms with E-state index in [0.717, 1.165) is 0 Å². The van der Waals surface area contributed by atoms with Crippen molar-refractivity contribution in [1.82, 2.24) is 4.31 Å². The molecular formula is C20H34F9NO9S. The summed E-state index contributed by atoms with van der Waals surface area (Å²) in [6.45, 7) is 1.39. The third kappa shape index (κ3) is 12.1. The van der Waals surface area contributed by atoms with Gasteiger partial charge in [0.25, 0.3) is 10.0 Å². The molecular weight excluding hydrogens is 601 g/mol. The van der Waals surface area contributed by atoms with Crippen molar-refractivity contribution < 1.29 is 81.1 Å². The van der Waals surface area contributed by atoms with Gasteiger partial charge in [-0.05, 0) is 0 Å². The van der Waals surface area contributed by atoms with Gasteiger partial charge in [0.2, 0.25) is 0 Å². The minimum atomic E-state index is -7.32. The smallest absolute Gasteiger partial charge is 0.382 e. The van der Waals surface area contributed by atoms with E-state index in [1.54, 1.807) is 7.11 Å². The van der Waals surface area contributed by atoms with Crippen LogP contribution >= 0.6 is 0 Å². The van der Waals surface area contributed by atoms with Gasteiger partial charge < -0.3 is 33.2 Å². The molecule has 40 heavy (non-hydrogen) atoms. The summed E-state index contributed by atoms with van der Waals surface area (Å²) in [6, 6.07) is 0. The average Bonchev–Trinajstić information content (AvgIpc) is 2.86. The first-order valence-corrected chi connectivity index (χ1v) is 13.0. The standard InChI is InChI=1S/C20H34F9NO9S/c1-30(40(31,32)20(28,29)18(23,24)17(21,22)19(25,26)27)3-4-34-7-8-36-11-12-38-15-16-39-14-13-37-10-9-35-6-5-33-2/h3-16H2,1-2H3. The summed E-state index contributed by atoms with van der Waals surface area (Å²) in [4.78, 5) is 0. The quantitative estimate of drug-likeness (QED) is 0.111. The molecule has 0 aliphatic carbocycles. The van der Waals surface area contributed by atoms with E-state index in [4.69, 9.17) is 33.2 Å². The van der Waals surface area contributed by atoms with Gasteiger partial charge in [-0.15, -0.1) is 0 Å². The van der Waals surface area contributed by atoms with E-state index in [9.17, 15) is 47.9 Å². The number of ether oxygens (including phenoxy) is 7. The van der Waals surface area contributed by atoms with Crippen LogP contribution in [0.5, 0.6) is 0 Å². The van der Waals surface area contributed by atoms with Gasteiger partial charge in [0.15, 0.2) is 0 Å². The second-order valence-corrected chi connectivity index (χ2v) is 9.74. The van der Waals surface area contributed by atoms with Gasteiger partial charge >= 0.3 is 23.3 Å². The number of likely N-dealkylation sites (N-methyl/N-ethyl adjacent to an activating group) is 1. The van der Waals surface area contributed by atoms with Gasteiger partial charge in [0.1, 0.15) is 0 Å². The molecule has 0 heterocycles. The predicted molar refractivity (Wildman–Crippen MR) is 119 cm³/mol. The molecule has 0 aromatic carbocycles. The Morgan fingerprint density at radius 2 is 0.825 bits per heavy atom. The van der Waals surface area contributed by atoms with E-state index in [0.29, 0.717) is 53.3 Å². The zero-order chi connectivity index (χ0) is 30.9. The molecule has 0 N–H and O–H groups in total. The molecule has 0 aromatic rings. The minimum Gasteiger partial charge on any atom is -0.382 e. The Morgan fingerprint density at radius 1 is 0.525 bits per heavy atom. The highest BCUT2D eigenvalue weighted by molar-refractivity contribution is 7.90. The van der Waals surface area contributed by atoms with Crippen LogP contribution < -0.4 is 0 Å². The van der Waals surface area contributed by atoms with Crippen molar-refractivity contribution in [2.24, 2.45) is 0 Å². The lowest BCUT2D eigenvalue weighted by Gasteiger charge is -2.34. The normalized spacial score (nSPS) is 13.9. The Morgan fingerprint density at radius 3 is 1.12 bits per heavy atom. The highest BCUT2D eigenvalue weighted by atomic mass is 32.2. The van der Waals surface area contributed by atoms with Crippen LogP contribution in [0, 0.1) is 0 Å². The molecule has 20 heteroatoms. The van der Waals surface area contributed by atoms with Crippen LogP contribution in [0.2, 0.25) is 0 Å². The van der Waals surface area contributed by atoms with Crippen molar-refractivity contribution in [3.05, 3.63) is 0 Å². The largest absolute Gasteiger partial charge is 0.460 e. The Labute approximate surface area is 225 Å².